The van der Waals surface area contributed by atoms with Gasteiger partial charge in [-0.1, -0.05) is 138 Å². The maximum atomic E-state index is 11.0. The Morgan fingerprint density at radius 2 is 0.584 bits per heavy atom. The van der Waals surface area contributed by atoms with Gasteiger partial charge in [0.2, 0.25) is 6.35 Å². The summed E-state index contributed by atoms with van der Waals surface area (Å²) in [6, 6.07) is 57.9. The van der Waals surface area contributed by atoms with E-state index in [2.05, 4.69) is 114 Å². The maximum absolute atomic E-state index is 11.0. The van der Waals surface area contributed by atoms with Crippen LogP contribution in [0, 0.1) is 0 Å². The predicted octanol–water partition coefficient (Wildman–Crippen LogP) is 21.3. The molecule has 0 aliphatic carbocycles. The smallest absolute Gasteiger partial charge is 0.210 e. The molecule has 0 saturated carbocycles. The molecule has 0 atom stereocenters. The van der Waals surface area contributed by atoms with Gasteiger partial charge in [-0.15, -0.1) is 39.5 Å². The first-order chi connectivity index (χ1) is 42.6. The molecule has 0 aliphatic heterocycles. The molecular weight excluding hydrogens is 1320 g/mol. The fraction of sp³-hybridized carbons (Fsp3) is 0.143. The van der Waals surface area contributed by atoms with Crippen LogP contribution in [0.4, 0.5) is 0 Å². The van der Waals surface area contributed by atoms with Gasteiger partial charge in [-0.05, 0) is 233 Å². The first-order valence-corrected chi connectivity index (χ1v) is 33.7. The summed E-state index contributed by atoms with van der Waals surface area (Å²) < 4.78 is 12.5. The molecule has 0 unspecified atom stereocenters. The molecule has 12 heteroatoms. The Hall–Kier alpha value is -7.52. The number of rotatable bonds is 23. The number of halogens is 5. The fourth-order valence-electron chi connectivity index (χ4n) is 9.77. The quantitative estimate of drug-likeness (QED) is 0.0289. The van der Waals surface area contributed by atoms with Crippen LogP contribution in [-0.4, -0.2) is 37.6 Å². The Bertz CT molecular complexity index is 3640. The lowest BCUT2D eigenvalue weighted by Crippen LogP contribution is -2.35. The average molecular weight is 1400 g/mol. The predicted molar refractivity (Wildman–Crippen MR) is 392 cm³/mol. The molecule has 0 aromatic heterocycles. The van der Waals surface area contributed by atoms with Crippen LogP contribution in [0.25, 0.3) is 33.4 Å². The van der Waals surface area contributed by atoms with Crippen molar-refractivity contribution in [3.8, 4) is 67.9 Å². The van der Waals surface area contributed by atoms with Crippen molar-refractivity contribution in [3.05, 3.63) is 306 Å². The van der Waals surface area contributed by atoms with Crippen LogP contribution in [0.5, 0.6) is 34.5 Å². The van der Waals surface area contributed by atoms with Gasteiger partial charge in [0.25, 0.3) is 0 Å². The van der Waals surface area contributed by atoms with Gasteiger partial charge >= 0.3 is 0 Å². The third-order valence-electron chi connectivity index (χ3n) is 13.9. The lowest BCUT2D eigenvalue weighted by molar-refractivity contribution is 0.389. The molecule has 0 saturated heterocycles. The van der Waals surface area contributed by atoms with E-state index in [0.29, 0.717) is 62.2 Å². The minimum Gasteiger partial charge on any atom is -0.507 e. The van der Waals surface area contributed by atoms with Gasteiger partial charge in [-0.25, -0.2) is 0 Å². The van der Waals surface area contributed by atoms with Crippen LogP contribution >= 0.6 is 73.9 Å². The van der Waals surface area contributed by atoms with Crippen LogP contribution in [0.15, 0.2) is 258 Å². The Morgan fingerprint density at radius 3 is 0.831 bits per heavy atom. The van der Waals surface area contributed by atoms with E-state index in [1.807, 2.05) is 159 Å². The second-order valence-electron chi connectivity index (χ2n) is 20.1. The van der Waals surface area contributed by atoms with Crippen molar-refractivity contribution < 1.29 is 29.9 Å². The second kappa shape index (κ2) is 36.8. The normalized spacial score (nSPS) is 10.4. The molecule has 9 rings (SSSR count). The molecule has 0 spiro atoms. The molecule has 6 nitrogen and oxygen atoms in total. The highest BCUT2D eigenvalue weighted by atomic mass is 79.9. The van der Waals surface area contributed by atoms with Crippen LogP contribution in [0.3, 0.4) is 0 Å². The van der Waals surface area contributed by atoms with Gasteiger partial charge in [0.15, 0.2) is 7.26 Å². The number of phenolic OH excluding ortho intramolecular Hbond substituents is 4. The van der Waals surface area contributed by atoms with E-state index in [4.69, 9.17) is 44.3 Å². The summed E-state index contributed by atoms with van der Waals surface area (Å²) in [6.07, 6.45) is 15.7. The molecule has 0 fully saturated rings. The molecule has 9 aromatic carbocycles. The molecule has 0 heterocycles. The molecular formula is C77H77Br2Cl3O6P+. The lowest BCUT2D eigenvalue weighted by atomic mass is 9.97. The van der Waals surface area contributed by atoms with E-state index < -0.39 is 7.26 Å². The summed E-state index contributed by atoms with van der Waals surface area (Å²) in [6.45, 7) is 24.8. The van der Waals surface area contributed by atoms with Crippen molar-refractivity contribution in [2.45, 2.75) is 52.9 Å². The molecule has 0 bridgehead atoms. The van der Waals surface area contributed by atoms with Gasteiger partial charge in [0.05, 0.1) is 0 Å². The summed E-state index contributed by atoms with van der Waals surface area (Å²) in [4.78, 5) is 0. The zero-order valence-electron chi connectivity index (χ0n) is 49.3. The molecule has 4 N–H and O–H groups in total. The van der Waals surface area contributed by atoms with E-state index >= 15 is 0 Å². The Balaban J connectivity index is 0.000000262. The number of alkyl halides is 2. The molecule has 0 amide bonds. The van der Waals surface area contributed by atoms with Crippen molar-refractivity contribution in [3.63, 3.8) is 0 Å². The number of phenols is 4. The van der Waals surface area contributed by atoms with Crippen molar-refractivity contribution >= 4 is 89.8 Å². The molecule has 460 valence electrons. The maximum Gasteiger partial charge on any atom is 0.210 e. The van der Waals surface area contributed by atoms with Crippen LogP contribution in [0.1, 0.15) is 47.7 Å². The van der Waals surface area contributed by atoms with E-state index in [-0.39, 0.29) is 30.4 Å². The van der Waals surface area contributed by atoms with Crippen molar-refractivity contribution in [2.75, 3.05) is 17.2 Å². The highest BCUT2D eigenvalue weighted by molar-refractivity contribution is 9.09. The summed E-state index contributed by atoms with van der Waals surface area (Å²) >= 11 is 25.5. The van der Waals surface area contributed by atoms with E-state index in [9.17, 15) is 20.4 Å². The molecule has 0 radical (unpaired) electrons. The minimum absolute atomic E-state index is 0. The van der Waals surface area contributed by atoms with E-state index in [0.717, 1.165) is 103 Å². The number of hydrogen-bond donors (Lipinski definition) is 4. The molecule has 89 heavy (non-hydrogen) atoms. The Kier molecular flexibility index (Phi) is 29.9. The largest absolute Gasteiger partial charge is 0.507 e. The average Bonchev–Trinajstić information content (AvgIpc) is 2.98. The lowest BCUT2D eigenvalue weighted by Gasteiger charge is -2.28. The number of hydrogen-bond acceptors (Lipinski definition) is 6. The Labute approximate surface area is 559 Å². The van der Waals surface area contributed by atoms with Crippen LogP contribution < -0.4 is 25.4 Å². The van der Waals surface area contributed by atoms with E-state index in [1.54, 1.807) is 24.3 Å². The first-order valence-electron chi connectivity index (χ1n) is 28.3. The highest BCUT2D eigenvalue weighted by Gasteiger charge is 2.47. The first kappa shape index (κ1) is 72.2. The SMILES string of the molecule is C.C=CCc1ccc(O)c(-c2cc(CC=C)ccc2O)c1.C=CCc1ccc(O)c(-c2cc(CC=C)ccc2OCBr)c1.C=CCc1ccc(O)c(-c2cc(CC=C)ccc2OC[P+](c2ccc(Cl)cc2)(c2ccc(Cl)cc2)c2ccc(Cl)cc2)c1.CCBr. The Morgan fingerprint density at radius 1 is 0.360 bits per heavy atom. The van der Waals surface area contributed by atoms with Gasteiger partial charge < -0.3 is 29.9 Å². The highest BCUT2D eigenvalue weighted by Crippen LogP contribution is 2.56. The number of ether oxygens (including phenoxy) is 2. The molecule has 9 aromatic rings. The second-order valence-corrected chi connectivity index (χ2v) is 26.4. The standard InChI is InChI=1S/C37H30Cl3O2P.C19H19BrO2.C18H18O2.C2H5Br.CH4/c1-3-5-26-7-21-36(41)34(23-26)35-24-27(6-4-2)8-22-37(35)42-25-43(31-15-9-28(38)10-16-31,32-17-11-29(39)12-18-32)33-19-13-30(40)14-20-33;1-3-5-14-7-9-18(21)16(11-14)17-12-15(6-4-2)8-10-19(17)22-13-20;1-3-5-13-7-9-17(19)15(11-13)16-12-14(6-4-2)8-10-18(16)20;1-2-3;/h3-4,7-24H,1-2,5-6,25H2;3-4,7-12,21H,1-2,5-6,13H2;3-4,7-12,19-20H,1-2,5-6H2;2H2,1H3;1H4/p+1. The number of aromatic hydroxyl groups is 4. The van der Waals surface area contributed by atoms with E-state index in [1.165, 1.54) is 0 Å². The summed E-state index contributed by atoms with van der Waals surface area (Å²) in [7, 11) is -2.44. The third kappa shape index (κ3) is 20.0. The summed E-state index contributed by atoms with van der Waals surface area (Å²) in [5.74, 6) is 2.13. The summed E-state index contributed by atoms with van der Waals surface area (Å²) in [5, 5.41) is 47.7. The monoisotopic (exact) mass is 1390 g/mol. The fourth-order valence-corrected chi connectivity index (χ4v) is 14.0. The van der Waals surface area contributed by atoms with Crippen molar-refractivity contribution in [2.24, 2.45) is 0 Å². The van der Waals surface area contributed by atoms with Gasteiger partial charge in [-0.3, -0.25) is 0 Å². The molecule has 0 aliphatic rings. The van der Waals surface area contributed by atoms with Gasteiger partial charge in [-0.2, -0.15) is 0 Å². The zero-order valence-corrected chi connectivity index (χ0v) is 55.7. The van der Waals surface area contributed by atoms with Gasteiger partial charge in [0, 0.05) is 53.8 Å². The van der Waals surface area contributed by atoms with Crippen LogP contribution in [0.2, 0.25) is 15.1 Å². The number of allylic oxidation sites excluding steroid dienone is 6. The summed E-state index contributed by atoms with van der Waals surface area (Å²) in [5.41, 5.74) is 11.2. The minimum atomic E-state index is -2.44. The van der Waals surface area contributed by atoms with Gasteiger partial charge in [0.1, 0.15) is 55.9 Å². The zero-order chi connectivity index (χ0) is 63.6. The van der Waals surface area contributed by atoms with Crippen molar-refractivity contribution in [1.29, 1.82) is 0 Å². The topological polar surface area (TPSA) is 99.4 Å². The third-order valence-corrected chi connectivity index (χ3v) is 18.9. The van der Waals surface area contributed by atoms with Crippen molar-refractivity contribution in [1.82, 2.24) is 0 Å². The van der Waals surface area contributed by atoms with Crippen LogP contribution in [-0.2, 0) is 38.5 Å². The number of benzene rings is 9.